The second-order valence-electron chi connectivity index (χ2n) is 6.66. The highest BCUT2D eigenvalue weighted by Gasteiger charge is 2.35. The van der Waals surface area contributed by atoms with E-state index in [-0.39, 0.29) is 6.54 Å². The van der Waals surface area contributed by atoms with Crippen LogP contribution in [0.1, 0.15) is 27.0 Å². The summed E-state index contributed by atoms with van der Waals surface area (Å²) in [6.07, 6.45) is -4.14. The second-order valence-corrected chi connectivity index (χ2v) is 6.66. The molecule has 0 spiro atoms. The lowest BCUT2D eigenvalue weighted by Gasteiger charge is -2.29. The van der Waals surface area contributed by atoms with E-state index < -0.39 is 35.8 Å². The van der Waals surface area contributed by atoms with E-state index in [0.29, 0.717) is 24.5 Å². The molecule has 1 aliphatic heterocycles. The summed E-state index contributed by atoms with van der Waals surface area (Å²) in [5, 5.41) is 0. The number of nitrogens with zero attached hydrogens (tertiary/aromatic N) is 1. The third-order valence-corrected chi connectivity index (χ3v) is 4.85. The number of benzene rings is 2. The number of rotatable bonds is 5. The molecule has 0 bridgehead atoms. The fourth-order valence-corrected chi connectivity index (χ4v) is 3.30. The Balaban J connectivity index is 1.66. The maximum absolute atomic E-state index is 13.1. The predicted octanol–water partition coefficient (Wildman–Crippen LogP) is 3.46. The molecule has 0 unspecified atom stereocenters. The molecule has 3 rings (SSSR count). The Morgan fingerprint density at radius 1 is 1.03 bits per heavy atom. The number of hydrogen-bond donors (Lipinski definition) is 0. The van der Waals surface area contributed by atoms with E-state index in [1.807, 2.05) is 6.07 Å². The number of amides is 1. The van der Waals surface area contributed by atoms with Crippen molar-refractivity contribution >= 4 is 11.9 Å². The van der Waals surface area contributed by atoms with Crippen molar-refractivity contribution in [3.63, 3.8) is 0 Å². The molecule has 6 nitrogen and oxygen atoms in total. The third-order valence-electron chi connectivity index (χ3n) is 4.85. The average molecular weight is 423 g/mol. The molecule has 0 saturated carbocycles. The number of halogens is 3. The first-order chi connectivity index (χ1) is 14.2. The molecule has 1 heterocycles. The van der Waals surface area contributed by atoms with E-state index in [1.165, 1.54) is 31.3 Å². The molecule has 0 fully saturated rings. The number of carbonyl (C=O) groups excluding carboxylic acids is 2. The Hall–Kier alpha value is -3.23. The summed E-state index contributed by atoms with van der Waals surface area (Å²) in [5.41, 5.74) is 0.141. The lowest BCUT2D eigenvalue weighted by atomic mass is 9.99. The molecule has 0 N–H and O–H groups in total. The molecule has 30 heavy (non-hydrogen) atoms. The van der Waals surface area contributed by atoms with E-state index in [0.717, 1.165) is 23.3 Å². The first-order valence-corrected chi connectivity index (χ1v) is 9.09. The SMILES string of the molecule is COc1cc2c(cc1OC)CN(C(=O)COC(=O)c1ccccc1C(F)(F)F)CC2. The number of esters is 1. The Bertz CT molecular complexity index is 958. The van der Waals surface area contributed by atoms with Crippen molar-refractivity contribution in [3.8, 4) is 11.5 Å². The molecule has 9 heteroatoms. The zero-order valence-corrected chi connectivity index (χ0v) is 16.4. The first-order valence-electron chi connectivity index (χ1n) is 9.09. The van der Waals surface area contributed by atoms with Crippen LogP contribution in [0.2, 0.25) is 0 Å². The van der Waals surface area contributed by atoms with Crippen molar-refractivity contribution in [1.29, 1.82) is 0 Å². The van der Waals surface area contributed by atoms with Crippen molar-refractivity contribution in [2.75, 3.05) is 27.4 Å². The van der Waals surface area contributed by atoms with Crippen LogP contribution >= 0.6 is 0 Å². The van der Waals surface area contributed by atoms with Gasteiger partial charge in [0.1, 0.15) is 0 Å². The van der Waals surface area contributed by atoms with E-state index in [9.17, 15) is 22.8 Å². The smallest absolute Gasteiger partial charge is 0.417 e. The van der Waals surface area contributed by atoms with Gasteiger partial charge < -0.3 is 19.1 Å². The molecule has 0 aliphatic carbocycles. The lowest BCUT2D eigenvalue weighted by molar-refractivity contribution is -0.138. The van der Waals surface area contributed by atoms with Crippen molar-refractivity contribution in [2.45, 2.75) is 19.1 Å². The monoisotopic (exact) mass is 423 g/mol. The summed E-state index contributed by atoms with van der Waals surface area (Å²) >= 11 is 0. The molecule has 160 valence electrons. The van der Waals surface area contributed by atoms with Gasteiger partial charge in [0.25, 0.3) is 5.91 Å². The van der Waals surface area contributed by atoms with E-state index >= 15 is 0 Å². The van der Waals surface area contributed by atoms with Crippen molar-refractivity contribution in [2.24, 2.45) is 0 Å². The maximum Gasteiger partial charge on any atom is 0.417 e. The van der Waals surface area contributed by atoms with Gasteiger partial charge in [-0.3, -0.25) is 4.79 Å². The largest absolute Gasteiger partial charge is 0.493 e. The summed E-state index contributed by atoms with van der Waals surface area (Å²) in [6.45, 7) is 0.0108. The summed E-state index contributed by atoms with van der Waals surface area (Å²) in [7, 11) is 3.04. The normalized spacial score (nSPS) is 13.4. The molecule has 2 aromatic carbocycles. The van der Waals surface area contributed by atoms with Crippen LogP contribution in [0.15, 0.2) is 36.4 Å². The zero-order chi connectivity index (χ0) is 21.9. The molecule has 1 amide bonds. The van der Waals surface area contributed by atoms with Crippen LogP contribution in [-0.2, 0) is 28.7 Å². The van der Waals surface area contributed by atoms with E-state index in [1.54, 1.807) is 6.07 Å². The van der Waals surface area contributed by atoms with Gasteiger partial charge in [0.2, 0.25) is 0 Å². The Labute approximate surface area is 171 Å². The quantitative estimate of drug-likeness (QED) is 0.690. The second kappa shape index (κ2) is 8.64. The molecular formula is C21H20F3NO5. The van der Waals surface area contributed by atoms with Gasteiger partial charge in [-0.05, 0) is 41.8 Å². The van der Waals surface area contributed by atoms with Crippen LogP contribution in [0.5, 0.6) is 11.5 Å². The fraction of sp³-hybridized carbons (Fsp3) is 0.333. The number of fused-ring (bicyclic) bond motifs is 1. The summed E-state index contributed by atoms with van der Waals surface area (Å²) < 4.78 is 54.6. The molecule has 0 aromatic heterocycles. The molecule has 0 atom stereocenters. The fourth-order valence-electron chi connectivity index (χ4n) is 3.30. The van der Waals surface area contributed by atoms with Crippen LogP contribution in [-0.4, -0.2) is 44.1 Å². The number of alkyl halides is 3. The number of ether oxygens (including phenoxy) is 3. The Morgan fingerprint density at radius 2 is 1.67 bits per heavy atom. The van der Waals surface area contributed by atoms with Gasteiger partial charge in [0, 0.05) is 13.1 Å². The van der Waals surface area contributed by atoms with Gasteiger partial charge in [0.05, 0.1) is 25.3 Å². The predicted molar refractivity (Wildman–Crippen MR) is 100 cm³/mol. The van der Waals surface area contributed by atoms with Crippen LogP contribution in [0.25, 0.3) is 0 Å². The van der Waals surface area contributed by atoms with Crippen LogP contribution in [0, 0.1) is 0 Å². The van der Waals surface area contributed by atoms with Crippen LogP contribution < -0.4 is 9.47 Å². The van der Waals surface area contributed by atoms with Gasteiger partial charge in [0.15, 0.2) is 18.1 Å². The summed E-state index contributed by atoms with van der Waals surface area (Å²) in [5.74, 6) is -0.567. The van der Waals surface area contributed by atoms with Gasteiger partial charge >= 0.3 is 12.1 Å². The number of methoxy groups -OCH3 is 2. The summed E-state index contributed by atoms with van der Waals surface area (Å²) in [4.78, 5) is 26.1. The summed E-state index contributed by atoms with van der Waals surface area (Å²) in [6, 6.07) is 7.92. The Morgan fingerprint density at radius 3 is 2.30 bits per heavy atom. The van der Waals surface area contributed by atoms with Gasteiger partial charge in [-0.25, -0.2) is 4.79 Å². The average Bonchev–Trinajstić information content (AvgIpc) is 2.75. The number of hydrogen-bond acceptors (Lipinski definition) is 5. The highest BCUT2D eigenvalue weighted by Crippen LogP contribution is 2.34. The molecule has 1 aliphatic rings. The van der Waals surface area contributed by atoms with Gasteiger partial charge in [-0.1, -0.05) is 12.1 Å². The molecular weight excluding hydrogens is 403 g/mol. The van der Waals surface area contributed by atoms with Crippen molar-refractivity contribution in [3.05, 3.63) is 58.7 Å². The van der Waals surface area contributed by atoms with Gasteiger partial charge in [-0.15, -0.1) is 0 Å². The maximum atomic E-state index is 13.1. The standard InChI is InChI=1S/C21H20F3NO5/c1-28-17-9-13-7-8-25(11-14(13)10-18(17)29-2)19(26)12-30-20(27)15-5-3-4-6-16(15)21(22,23)24/h3-6,9-10H,7-8,11-12H2,1-2H3. The highest BCUT2D eigenvalue weighted by atomic mass is 19.4. The minimum Gasteiger partial charge on any atom is -0.493 e. The zero-order valence-electron chi connectivity index (χ0n) is 16.4. The highest BCUT2D eigenvalue weighted by molar-refractivity contribution is 5.93. The molecule has 0 radical (unpaired) electrons. The van der Waals surface area contributed by atoms with Gasteiger partial charge in [-0.2, -0.15) is 13.2 Å². The third kappa shape index (κ3) is 4.50. The minimum absolute atomic E-state index is 0.269. The first kappa shape index (κ1) is 21.5. The molecule has 2 aromatic rings. The number of carbonyl (C=O) groups is 2. The Kier molecular flexibility index (Phi) is 6.19. The van der Waals surface area contributed by atoms with Crippen molar-refractivity contribution in [1.82, 2.24) is 4.90 Å². The van der Waals surface area contributed by atoms with E-state index in [4.69, 9.17) is 14.2 Å². The molecule has 0 saturated heterocycles. The minimum atomic E-state index is -4.70. The lowest BCUT2D eigenvalue weighted by Crippen LogP contribution is -2.38. The van der Waals surface area contributed by atoms with Crippen LogP contribution in [0.4, 0.5) is 13.2 Å². The topological polar surface area (TPSA) is 65.1 Å². The van der Waals surface area contributed by atoms with E-state index in [2.05, 4.69) is 0 Å². The van der Waals surface area contributed by atoms with Crippen LogP contribution in [0.3, 0.4) is 0 Å². The van der Waals surface area contributed by atoms with Crippen molar-refractivity contribution < 1.29 is 37.0 Å².